The lowest BCUT2D eigenvalue weighted by Crippen LogP contribution is -2.17. The van der Waals surface area contributed by atoms with Gasteiger partial charge in [-0.15, -0.1) is 0 Å². The standard InChI is InChI=1S/C8H6F2N2O2/c9-7(10)6-4(2-11)1-5(3-13)12-8(6)14/h1,7,13H,3H2,(H,12,14). The third kappa shape index (κ3) is 1.78. The number of nitrogens with zero attached hydrogens (tertiary/aromatic N) is 1. The molecule has 1 rings (SSSR count). The van der Waals surface area contributed by atoms with Crippen LogP contribution in [0.4, 0.5) is 8.78 Å². The Balaban J connectivity index is 3.45. The lowest BCUT2D eigenvalue weighted by molar-refractivity contribution is 0.149. The molecule has 74 valence electrons. The van der Waals surface area contributed by atoms with Crippen molar-refractivity contribution in [2.24, 2.45) is 0 Å². The highest BCUT2D eigenvalue weighted by atomic mass is 19.3. The molecule has 1 aromatic heterocycles. The molecule has 14 heavy (non-hydrogen) atoms. The van der Waals surface area contributed by atoms with Crippen LogP contribution >= 0.6 is 0 Å². The first-order chi connectivity index (χ1) is 6.60. The van der Waals surface area contributed by atoms with Crippen molar-refractivity contribution in [3.05, 3.63) is 33.2 Å². The van der Waals surface area contributed by atoms with Crippen LogP contribution in [0, 0.1) is 11.3 Å². The number of pyridine rings is 1. The predicted molar refractivity (Wildman–Crippen MR) is 42.7 cm³/mol. The molecule has 6 heteroatoms. The Morgan fingerprint density at radius 3 is 2.71 bits per heavy atom. The molecule has 0 aliphatic rings. The van der Waals surface area contributed by atoms with Crippen molar-refractivity contribution in [3.8, 4) is 6.07 Å². The minimum atomic E-state index is -3.00. The molecule has 0 spiro atoms. The molecule has 0 aliphatic heterocycles. The summed E-state index contributed by atoms with van der Waals surface area (Å²) >= 11 is 0. The second-order valence-electron chi connectivity index (χ2n) is 2.52. The lowest BCUT2D eigenvalue weighted by Gasteiger charge is -2.03. The topological polar surface area (TPSA) is 76.9 Å². The Morgan fingerprint density at radius 1 is 1.64 bits per heavy atom. The summed E-state index contributed by atoms with van der Waals surface area (Å²) in [5.74, 6) is 0. The summed E-state index contributed by atoms with van der Waals surface area (Å²) in [6, 6.07) is 2.51. The average Bonchev–Trinajstić information content (AvgIpc) is 2.15. The summed E-state index contributed by atoms with van der Waals surface area (Å²) in [4.78, 5) is 13.1. The molecule has 0 atom stereocenters. The van der Waals surface area contributed by atoms with Crippen LogP contribution in [0.25, 0.3) is 0 Å². The number of halogens is 2. The Bertz CT molecular complexity index is 434. The van der Waals surface area contributed by atoms with Crippen LogP contribution in [0.1, 0.15) is 23.2 Å². The van der Waals surface area contributed by atoms with Gasteiger partial charge >= 0.3 is 0 Å². The molecular formula is C8H6F2N2O2. The number of hydrogen-bond donors (Lipinski definition) is 2. The molecule has 0 radical (unpaired) electrons. The third-order valence-electron chi connectivity index (χ3n) is 1.64. The highest BCUT2D eigenvalue weighted by Crippen LogP contribution is 2.18. The normalized spacial score (nSPS) is 10.2. The monoisotopic (exact) mass is 200 g/mol. The number of rotatable bonds is 2. The summed E-state index contributed by atoms with van der Waals surface area (Å²) in [5, 5.41) is 17.1. The zero-order chi connectivity index (χ0) is 10.7. The average molecular weight is 200 g/mol. The molecule has 0 bridgehead atoms. The van der Waals surface area contributed by atoms with Crippen LogP contribution in [-0.4, -0.2) is 10.1 Å². The van der Waals surface area contributed by atoms with Crippen LogP contribution in [0.15, 0.2) is 10.9 Å². The Kier molecular flexibility index (Phi) is 2.94. The van der Waals surface area contributed by atoms with Crippen LogP contribution in [0.2, 0.25) is 0 Å². The Morgan fingerprint density at radius 2 is 2.29 bits per heavy atom. The first-order valence-corrected chi connectivity index (χ1v) is 3.65. The van der Waals surface area contributed by atoms with Gasteiger partial charge in [-0.05, 0) is 6.07 Å². The second kappa shape index (κ2) is 3.98. The highest BCUT2D eigenvalue weighted by molar-refractivity contribution is 5.37. The summed E-state index contributed by atoms with van der Waals surface area (Å²) in [6.07, 6.45) is -3.00. The summed E-state index contributed by atoms with van der Waals surface area (Å²) in [5.41, 5.74) is -2.27. The van der Waals surface area contributed by atoms with Crippen molar-refractivity contribution in [3.63, 3.8) is 0 Å². The number of hydrogen-bond acceptors (Lipinski definition) is 3. The molecule has 4 nitrogen and oxygen atoms in total. The van der Waals surface area contributed by atoms with E-state index in [1.54, 1.807) is 0 Å². The van der Waals surface area contributed by atoms with Gasteiger partial charge < -0.3 is 10.1 Å². The first kappa shape index (κ1) is 10.3. The van der Waals surface area contributed by atoms with E-state index in [1.165, 1.54) is 6.07 Å². The molecule has 0 saturated carbocycles. The summed E-state index contributed by atoms with van der Waals surface area (Å²) < 4.78 is 24.6. The fourth-order valence-corrected chi connectivity index (χ4v) is 1.02. The largest absolute Gasteiger partial charge is 0.390 e. The number of aromatic nitrogens is 1. The molecule has 0 saturated heterocycles. The van der Waals surface area contributed by atoms with Crippen molar-refractivity contribution in [2.75, 3.05) is 0 Å². The van der Waals surface area contributed by atoms with Gasteiger partial charge in [0.05, 0.1) is 18.2 Å². The smallest absolute Gasteiger partial charge is 0.270 e. The van der Waals surface area contributed by atoms with Gasteiger partial charge in [-0.2, -0.15) is 5.26 Å². The number of aliphatic hydroxyl groups is 1. The maximum atomic E-state index is 12.3. The van der Waals surface area contributed by atoms with Crippen molar-refractivity contribution in [2.45, 2.75) is 13.0 Å². The zero-order valence-corrected chi connectivity index (χ0v) is 6.92. The Hall–Kier alpha value is -1.74. The van der Waals surface area contributed by atoms with Gasteiger partial charge in [0.25, 0.3) is 12.0 Å². The fraction of sp³-hybridized carbons (Fsp3) is 0.250. The minimum Gasteiger partial charge on any atom is -0.390 e. The summed E-state index contributed by atoms with van der Waals surface area (Å²) in [7, 11) is 0. The first-order valence-electron chi connectivity index (χ1n) is 3.65. The van der Waals surface area contributed by atoms with Crippen molar-refractivity contribution in [1.82, 2.24) is 4.98 Å². The molecule has 0 aliphatic carbocycles. The van der Waals surface area contributed by atoms with E-state index in [9.17, 15) is 13.6 Å². The van der Waals surface area contributed by atoms with Gasteiger partial charge in [0.15, 0.2) is 0 Å². The Labute approximate surface area is 77.4 Å². The minimum absolute atomic E-state index is 0.0379. The van der Waals surface area contributed by atoms with Gasteiger partial charge in [-0.1, -0.05) is 0 Å². The van der Waals surface area contributed by atoms with Crippen LogP contribution in [0.3, 0.4) is 0 Å². The van der Waals surface area contributed by atoms with E-state index in [-0.39, 0.29) is 5.69 Å². The molecule has 0 amide bonds. The number of nitriles is 1. The molecule has 0 aromatic carbocycles. The molecule has 0 fully saturated rings. The van der Waals surface area contributed by atoms with E-state index in [2.05, 4.69) is 0 Å². The van der Waals surface area contributed by atoms with E-state index >= 15 is 0 Å². The number of alkyl halides is 2. The molecule has 1 aromatic rings. The third-order valence-corrected chi connectivity index (χ3v) is 1.64. The molecular weight excluding hydrogens is 194 g/mol. The van der Waals surface area contributed by atoms with Crippen LogP contribution in [-0.2, 0) is 6.61 Å². The predicted octanol–water partition coefficient (Wildman–Crippen LogP) is 0.676. The quantitative estimate of drug-likeness (QED) is 0.736. The van der Waals surface area contributed by atoms with Crippen LogP contribution in [0.5, 0.6) is 0 Å². The zero-order valence-electron chi connectivity index (χ0n) is 6.92. The lowest BCUT2D eigenvalue weighted by atomic mass is 10.1. The van der Waals surface area contributed by atoms with Crippen molar-refractivity contribution in [1.29, 1.82) is 5.26 Å². The number of nitrogens with one attached hydrogen (secondary N) is 1. The van der Waals surface area contributed by atoms with Gasteiger partial charge in [0.2, 0.25) is 0 Å². The molecule has 0 unspecified atom stereocenters. The van der Waals surface area contributed by atoms with E-state index in [0.29, 0.717) is 0 Å². The summed E-state index contributed by atoms with van der Waals surface area (Å²) in [6.45, 7) is -0.507. The SMILES string of the molecule is N#Cc1cc(CO)[nH]c(=O)c1C(F)F. The van der Waals surface area contributed by atoms with Gasteiger partial charge in [-0.3, -0.25) is 4.79 Å². The second-order valence-corrected chi connectivity index (χ2v) is 2.52. The van der Waals surface area contributed by atoms with E-state index < -0.39 is 29.7 Å². The molecule has 1 heterocycles. The highest BCUT2D eigenvalue weighted by Gasteiger charge is 2.18. The molecule has 2 N–H and O–H groups in total. The van der Waals surface area contributed by atoms with Crippen LogP contribution < -0.4 is 5.56 Å². The maximum Gasteiger partial charge on any atom is 0.270 e. The fourth-order valence-electron chi connectivity index (χ4n) is 1.02. The van der Waals surface area contributed by atoms with Crippen molar-refractivity contribution >= 4 is 0 Å². The van der Waals surface area contributed by atoms with Gasteiger partial charge in [-0.25, -0.2) is 8.78 Å². The van der Waals surface area contributed by atoms with E-state index in [4.69, 9.17) is 10.4 Å². The number of aliphatic hydroxyl groups excluding tert-OH is 1. The number of aromatic amines is 1. The van der Waals surface area contributed by atoms with E-state index in [1.807, 2.05) is 4.98 Å². The van der Waals surface area contributed by atoms with Crippen molar-refractivity contribution < 1.29 is 13.9 Å². The van der Waals surface area contributed by atoms with E-state index in [0.717, 1.165) is 6.07 Å². The van der Waals surface area contributed by atoms with Gasteiger partial charge in [0.1, 0.15) is 5.56 Å². The number of H-pyrrole nitrogens is 1. The maximum absolute atomic E-state index is 12.3. The van der Waals surface area contributed by atoms with Gasteiger partial charge in [0, 0.05) is 5.69 Å².